The molecule has 0 aliphatic carbocycles. The lowest BCUT2D eigenvalue weighted by Crippen LogP contribution is -2.36. The Bertz CT molecular complexity index is 444. The molecule has 0 spiro atoms. The summed E-state index contributed by atoms with van der Waals surface area (Å²) < 4.78 is 4.81. The number of carbonyl (C=O) groups is 1. The van der Waals surface area contributed by atoms with Crippen molar-refractivity contribution in [2.45, 2.75) is 46.6 Å². The minimum absolute atomic E-state index is 0.116. The number of aryl methyl sites for hydroxylation is 1. The fourth-order valence-electron chi connectivity index (χ4n) is 1.71. The van der Waals surface area contributed by atoms with Gasteiger partial charge in [0.05, 0.1) is 7.11 Å². The molecule has 0 aliphatic rings. The summed E-state index contributed by atoms with van der Waals surface area (Å²) >= 11 is 0. The number of nitrogens with zero attached hydrogens (tertiary/aromatic N) is 2. The van der Waals surface area contributed by atoms with E-state index in [1.807, 2.05) is 40.7 Å². The highest BCUT2D eigenvalue weighted by atomic mass is 16.5. The first-order valence-corrected chi connectivity index (χ1v) is 6.55. The molecule has 1 aromatic heterocycles. The van der Waals surface area contributed by atoms with E-state index >= 15 is 0 Å². The third kappa shape index (κ3) is 4.19. The third-order valence-corrected chi connectivity index (χ3v) is 2.81. The molecule has 0 bridgehead atoms. The van der Waals surface area contributed by atoms with E-state index in [1.54, 1.807) is 0 Å². The maximum absolute atomic E-state index is 11.7. The molecule has 106 valence electrons. The fraction of sp³-hybridized carbons (Fsp3) is 0.643. The molecule has 19 heavy (non-hydrogen) atoms. The van der Waals surface area contributed by atoms with Crippen molar-refractivity contribution in [2.24, 2.45) is 5.92 Å². The van der Waals surface area contributed by atoms with Gasteiger partial charge in [-0.25, -0.2) is 14.8 Å². The lowest BCUT2D eigenvalue weighted by Gasteiger charge is -2.21. The van der Waals surface area contributed by atoms with Crippen molar-refractivity contribution in [1.29, 1.82) is 0 Å². The summed E-state index contributed by atoms with van der Waals surface area (Å²) in [4.78, 5) is 20.6. The SMILES string of the molecule is COC(=O)C(Nc1cc(C)nc(C(C)C)n1)C(C)C. The molecule has 1 N–H and O–H groups in total. The monoisotopic (exact) mass is 265 g/mol. The first-order valence-electron chi connectivity index (χ1n) is 6.55. The number of aromatic nitrogens is 2. The number of anilines is 1. The molecule has 0 aliphatic heterocycles. The van der Waals surface area contributed by atoms with Crippen LogP contribution in [0.3, 0.4) is 0 Å². The lowest BCUT2D eigenvalue weighted by molar-refractivity contribution is -0.142. The maximum atomic E-state index is 11.7. The molecular formula is C14H23N3O2. The fourth-order valence-corrected chi connectivity index (χ4v) is 1.71. The molecule has 1 atom stereocenters. The highest BCUT2D eigenvalue weighted by Gasteiger charge is 2.23. The van der Waals surface area contributed by atoms with Crippen LogP contribution in [-0.4, -0.2) is 29.1 Å². The number of rotatable bonds is 5. The first kappa shape index (κ1) is 15.4. The normalized spacial score (nSPS) is 12.6. The topological polar surface area (TPSA) is 64.1 Å². The number of hydrogen-bond acceptors (Lipinski definition) is 5. The number of hydrogen-bond donors (Lipinski definition) is 1. The van der Waals surface area contributed by atoms with E-state index in [4.69, 9.17) is 4.74 Å². The molecule has 5 heteroatoms. The highest BCUT2D eigenvalue weighted by molar-refractivity contribution is 5.79. The van der Waals surface area contributed by atoms with Crippen LogP contribution in [0.2, 0.25) is 0 Å². The summed E-state index contributed by atoms with van der Waals surface area (Å²) in [5, 5.41) is 3.14. The van der Waals surface area contributed by atoms with Crippen molar-refractivity contribution in [3.63, 3.8) is 0 Å². The second-order valence-electron chi connectivity index (χ2n) is 5.30. The number of methoxy groups -OCH3 is 1. The van der Waals surface area contributed by atoms with Crippen LogP contribution < -0.4 is 5.32 Å². The van der Waals surface area contributed by atoms with Gasteiger partial charge in [-0.3, -0.25) is 0 Å². The number of esters is 1. The van der Waals surface area contributed by atoms with Gasteiger partial charge in [0, 0.05) is 17.7 Å². The largest absolute Gasteiger partial charge is 0.467 e. The summed E-state index contributed by atoms with van der Waals surface area (Å²) in [6.45, 7) is 9.93. The Balaban J connectivity index is 2.99. The van der Waals surface area contributed by atoms with Gasteiger partial charge >= 0.3 is 5.97 Å². The van der Waals surface area contributed by atoms with Crippen LogP contribution in [-0.2, 0) is 9.53 Å². The minimum Gasteiger partial charge on any atom is -0.467 e. The molecule has 0 aromatic carbocycles. The zero-order valence-corrected chi connectivity index (χ0v) is 12.5. The van der Waals surface area contributed by atoms with Gasteiger partial charge in [-0.05, 0) is 12.8 Å². The highest BCUT2D eigenvalue weighted by Crippen LogP contribution is 2.16. The van der Waals surface area contributed by atoms with Crippen LogP contribution >= 0.6 is 0 Å². The second-order valence-corrected chi connectivity index (χ2v) is 5.30. The lowest BCUT2D eigenvalue weighted by atomic mass is 10.0. The predicted octanol–water partition coefficient (Wildman–Crippen LogP) is 2.52. The second kappa shape index (κ2) is 6.50. The molecule has 1 aromatic rings. The number of ether oxygens (including phenoxy) is 1. The molecule has 1 unspecified atom stereocenters. The first-order chi connectivity index (χ1) is 8.85. The molecule has 0 saturated heterocycles. The van der Waals surface area contributed by atoms with Crippen molar-refractivity contribution in [3.05, 3.63) is 17.6 Å². The summed E-state index contributed by atoms with van der Waals surface area (Å²) in [6, 6.07) is 1.43. The Hall–Kier alpha value is -1.65. The molecule has 5 nitrogen and oxygen atoms in total. The van der Waals surface area contributed by atoms with Crippen molar-refractivity contribution >= 4 is 11.8 Å². The third-order valence-electron chi connectivity index (χ3n) is 2.81. The van der Waals surface area contributed by atoms with E-state index in [9.17, 15) is 4.79 Å². The molecule has 0 amide bonds. The number of nitrogens with one attached hydrogen (secondary N) is 1. The van der Waals surface area contributed by atoms with Gasteiger partial charge in [-0.1, -0.05) is 27.7 Å². The Morgan fingerprint density at radius 3 is 2.37 bits per heavy atom. The number of carbonyl (C=O) groups excluding carboxylic acids is 1. The standard InChI is InChI=1S/C14H23N3O2/c1-8(2)12(14(18)19-6)16-11-7-10(5)15-13(17-11)9(3)4/h7-9,12H,1-6H3,(H,15,16,17). The summed E-state index contributed by atoms with van der Waals surface area (Å²) in [5.41, 5.74) is 0.883. The van der Waals surface area contributed by atoms with Crippen LogP contribution in [0.4, 0.5) is 5.82 Å². The molecule has 1 rings (SSSR count). The van der Waals surface area contributed by atoms with Crippen molar-refractivity contribution in [1.82, 2.24) is 9.97 Å². The Labute approximate surface area is 114 Å². The Kier molecular flexibility index (Phi) is 5.27. The van der Waals surface area contributed by atoms with Gasteiger partial charge in [-0.2, -0.15) is 0 Å². The van der Waals surface area contributed by atoms with Crippen LogP contribution in [0.15, 0.2) is 6.07 Å². The quantitative estimate of drug-likeness (QED) is 0.829. The van der Waals surface area contributed by atoms with Gasteiger partial charge in [0.25, 0.3) is 0 Å². The molecular weight excluding hydrogens is 242 g/mol. The van der Waals surface area contributed by atoms with E-state index in [2.05, 4.69) is 15.3 Å². The van der Waals surface area contributed by atoms with E-state index in [1.165, 1.54) is 7.11 Å². The molecule has 0 fully saturated rings. The van der Waals surface area contributed by atoms with Gasteiger partial charge in [0.1, 0.15) is 17.7 Å². The maximum Gasteiger partial charge on any atom is 0.328 e. The molecule has 0 saturated carbocycles. The Morgan fingerprint density at radius 1 is 1.26 bits per heavy atom. The summed E-state index contributed by atoms with van der Waals surface area (Å²) in [6.07, 6.45) is 0. The minimum atomic E-state index is -0.403. The van der Waals surface area contributed by atoms with Gasteiger partial charge in [0.2, 0.25) is 0 Å². The summed E-state index contributed by atoms with van der Waals surface area (Å²) in [5.74, 6) is 1.52. The zero-order chi connectivity index (χ0) is 14.6. The smallest absolute Gasteiger partial charge is 0.328 e. The Morgan fingerprint density at radius 2 is 1.89 bits per heavy atom. The van der Waals surface area contributed by atoms with E-state index in [0.717, 1.165) is 11.5 Å². The predicted molar refractivity (Wildman–Crippen MR) is 75.1 cm³/mol. The van der Waals surface area contributed by atoms with Gasteiger partial charge < -0.3 is 10.1 Å². The van der Waals surface area contributed by atoms with Gasteiger partial charge in [-0.15, -0.1) is 0 Å². The molecule has 0 radical (unpaired) electrons. The van der Waals surface area contributed by atoms with E-state index in [0.29, 0.717) is 5.82 Å². The van der Waals surface area contributed by atoms with E-state index < -0.39 is 6.04 Å². The van der Waals surface area contributed by atoms with Crippen LogP contribution in [0.5, 0.6) is 0 Å². The van der Waals surface area contributed by atoms with E-state index in [-0.39, 0.29) is 17.8 Å². The molecule has 1 heterocycles. The summed E-state index contributed by atoms with van der Waals surface area (Å²) in [7, 11) is 1.39. The average molecular weight is 265 g/mol. The van der Waals surface area contributed by atoms with Crippen LogP contribution in [0.25, 0.3) is 0 Å². The van der Waals surface area contributed by atoms with Crippen molar-refractivity contribution < 1.29 is 9.53 Å². The average Bonchev–Trinajstić information content (AvgIpc) is 2.34. The van der Waals surface area contributed by atoms with Crippen LogP contribution in [0, 0.1) is 12.8 Å². The van der Waals surface area contributed by atoms with Gasteiger partial charge in [0.15, 0.2) is 0 Å². The van der Waals surface area contributed by atoms with Crippen molar-refractivity contribution in [3.8, 4) is 0 Å². The van der Waals surface area contributed by atoms with Crippen LogP contribution in [0.1, 0.15) is 45.1 Å². The zero-order valence-electron chi connectivity index (χ0n) is 12.5. The van der Waals surface area contributed by atoms with Crippen molar-refractivity contribution in [2.75, 3.05) is 12.4 Å².